The third-order valence-electron chi connectivity index (χ3n) is 8.08. The Bertz CT molecular complexity index is 1400. The molecule has 0 aliphatic heterocycles. The van der Waals surface area contributed by atoms with Gasteiger partial charge in [-0.15, -0.1) is 0 Å². The van der Waals surface area contributed by atoms with E-state index >= 15 is 0 Å². The third kappa shape index (κ3) is 6.01. The molecule has 5 rings (SSSR count). The Morgan fingerprint density at radius 1 is 0.949 bits per heavy atom. The van der Waals surface area contributed by atoms with E-state index < -0.39 is 22.4 Å². The summed E-state index contributed by atoms with van der Waals surface area (Å²) in [5.41, 5.74) is 3.04. The molecule has 3 aromatic rings. The summed E-state index contributed by atoms with van der Waals surface area (Å²) in [6, 6.07) is 23.8. The van der Waals surface area contributed by atoms with Crippen LogP contribution in [0.2, 0.25) is 0 Å². The minimum Gasteiger partial charge on any atom is -0.496 e. The number of aliphatic hydroxyl groups is 1. The topological polar surface area (TPSA) is 117 Å². The Morgan fingerprint density at radius 3 is 2.36 bits per heavy atom. The number of para-hydroxylation sites is 1. The first-order valence-corrected chi connectivity index (χ1v) is 14.8. The summed E-state index contributed by atoms with van der Waals surface area (Å²) >= 11 is 0. The summed E-state index contributed by atoms with van der Waals surface area (Å²) in [4.78, 5) is 13.1. The molecule has 4 N–H and O–H groups in total. The molecule has 1 amide bonds. The van der Waals surface area contributed by atoms with Crippen LogP contribution in [0, 0.1) is 0 Å². The van der Waals surface area contributed by atoms with Gasteiger partial charge in [0, 0.05) is 24.4 Å². The predicted octanol–water partition coefficient (Wildman–Crippen LogP) is 3.39. The average Bonchev–Trinajstić information content (AvgIpc) is 3.27. The van der Waals surface area contributed by atoms with E-state index in [1.807, 2.05) is 48.5 Å². The third-order valence-corrected chi connectivity index (χ3v) is 9.28. The average molecular weight is 550 g/mol. The number of hydrogen-bond donors (Lipinski definition) is 4. The van der Waals surface area contributed by atoms with Gasteiger partial charge < -0.3 is 15.2 Å². The van der Waals surface area contributed by atoms with Crippen LogP contribution < -0.4 is 19.5 Å². The number of benzene rings is 3. The number of amides is 1. The lowest BCUT2D eigenvalue weighted by Gasteiger charge is -2.41. The summed E-state index contributed by atoms with van der Waals surface area (Å²) in [7, 11) is -2.31. The van der Waals surface area contributed by atoms with Crippen LogP contribution in [0.4, 0.5) is 0 Å². The van der Waals surface area contributed by atoms with E-state index in [0.29, 0.717) is 50.0 Å². The first-order valence-electron chi connectivity index (χ1n) is 13.3. The second-order valence-corrected chi connectivity index (χ2v) is 12.0. The van der Waals surface area contributed by atoms with E-state index in [1.165, 1.54) is 0 Å². The molecule has 0 saturated heterocycles. The number of ether oxygens (including phenoxy) is 1. The van der Waals surface area contributed by atoms with Crippen LogP contribution in [0.3, 0.4) is 0 Å². The molecule has 2 aliphatic rings. The highest BCUT2D eigenvalue weighted by atomic mass is 32.2. The smallest absolute Gasteiger partial charge is 0.277 e. The lowest BCUT2D eigenvalue weighted by molar-refractivity contribution is 0.0932. The highest BCUT2D eigenvalue weighted by Gasteiger charge is 2.39. The molecule has 0 unspecified atom stereocenters. The Hall–Kier alpha value is -3.24. The van der Waals surface area contributed by atoms with Gasteiger partial charge in [-0.2, -0.15) is 17.9 Å². The normalized spacial score (nSPS) is 24.6. The van der Waals surface area contributed by atoms with Gasteiger partial charge in [0.15, 0.2) is 0 Å². The number of methoxy groups -OCH3 is 1. The quantitative estimate of drug-likeness (QED) is 0.327. The monoisotopic (exact) mass is 549 g/mol. The fraction of sp³-hybridized carbons (Fsp3) is 0.367. The van der Waals surface area contributed by atoms with E-state index in [-0.39, 0.29) is 17.4 Å². The van der Waals surface area contributed by atoms with Crippen LogP contribution in [0.1, 0.15) is 58.8 Å². The Morgan fingerprint density at radius 2 is 1.62 bits per heavy atom. The van der Waals surface area contributed by atoms with Gasteiger partial charge in [-0.1, -0.05) is 66.7 Å². The molecule has 2 aliphatic carbocycles. The highest BCUT2D eigenvalue weighted by molar-refractivity contribution is 7.87. The standard InChI is InChI=1S/C30H35N3O5S/c1-38-27-14-8-7-13-25(27)29(35)31-20-30(22-10-3-2-4-11-22)17-15-23(16-18-30)32-39(36,37)33-28-24-12-6-5-9-21(24)19-26(28)34/h2-14,23,26,28,32-34H,15-20H2,1H3,(H,31,35)/t23-,26-,28+,30-/m1/s1. The van der Waals surface area contributed by atoms with Crippen molar-refractivity contribution >= 4 is 16.1 Å². The molecule has 1 fully saturated rings. The highest BCUT2D eigenvalue weighted by Crippen LogP contribution is 2.40. The van der Waals surface area contributed by atoms with E-state index in [0.717, 1.165) is 16.7 Å². The van der Waals surface area contributed by atoms with Gasteiger partial charge in [0.1, 0.15) is 5.75 Å². The second-order valence-electron chi connectivity index (χ2n) is 10.5. The maximum atomic E-state index is 13.1. The van der Waals surface area contributed by atoms with Gasteiger partial charge in [-0.05, 0) is 54.5 Å². The summed E-state index contributed by atoms with van der Waals surface area (Å²) in [5.74, 6) is 0.314. The number of nitrogens with one attached hydrogen (secondary N) is 3. The van der Waals surface area contributed by atoms with Crippen LogP contribution in [-0.2, 0) is 22.0 Å². The molecule has 0 heterocycles. The van der Waals surface area contributed by atoms with Crippen LogP contribution in [0.25, 0.3) is 0 Å². The first-order chi connectivity index (χ1) is 18.8. The lowest BCUT2D eigenvalue weighted by Crippen LogP contribution is -2.50. The number of fused-ring (bicyclic) bond motifs is 1. The summed E-state index contributed by atoms with van der Waals surface area (Å²) in [5, 5.41) is 13.6. The maximum absolute atomic E-state index is 13.1. The Balaban J connectivity index is 1.26. The molecule has 0 bridgehead atoms. The summed E-state index contributed by atoms with van der Waals surface area (Å²) in [6.45, 7) is 0.427. The molecule has 2 atom stereocenters. The number of hydrogen-bond acceptors (Lipinski definition) is 5. The molecule has 9 heteroatoms. The van der Waals surface area contributed by atoms with Gasteiger partial charge in [-0.3, -0.25) is 4.79 Å². The number of carbonyl (C=O) groups excluding carboxylic acids is 1. The van der Waals surface area contributed by atoms with Crippen molar-refractivity contribution in [3.8, 4) is 5.75 Å². The zero-order chi connectivity index (χ0) is 27.5. The van der Waals surface area contributed by atoms with Gasteiger partial charge in [-0.25, -0.2) is 0 Å². The SMILES string of the molecule is COc1ccccc1C(=O)NC[C@]1(c2ccccc2)CC[C@H](NS(=O)(=O)N[C@H]2c3ccccc3C[C@H]2O)CC1. The fourth-order valence-electron chi connectivity index (χ4n) is 5.96. The Kier molecular flexibility index (Phi) is 8.04. The van der Waals surface area contributed by atoms with Crippen LogP contribution in [-0.4, -0.2) is 45.2 Å². The fourth-order valence-corrected chi connectivity index (χ4v) is 7.32. The largest absolute Gasteiger partial charge is 0.496 e. The van der Waals surface area contributed by atoms with Gasteiger partial charge in [0.25, 0.3) is 16.1 Å². The molecule has 8 nitrogen and oxygen atoms in total. The van der Waals surface area contributed by atoms with Crippen molar-refractivity contribution in [1.82, 2.24) is 14.8 Å². The van der Waals surface area contributed by atoms with Crippen molar-refractivity contribution < 1.29 is 23.1 Å². The van der Waals surface area contributed by atoms with Gasteiger partial charge >= 0.3 is 0 Å². The van der Waals surface area contributed by atoms with Crippen molar-refractivity contribution in [3.63, 3.8) is 0 Å². The maximum Gasteiger partial charge on any atom is 0.277 e. The summed E-state index contributed by atoms with van der Waals surface area (Å²) in [6.07, 6.45) is 2.25. The summed E-state index contributed by atoms with van der Waals surface area (Å²) < 4.78 is 37.0. The molecule has 39 heavy (non-hydrogen) atoms. The minimum absolute atomic E-state index is 0.204. The molecule has 1 saturated carbocycles. The molecule has 206 valence electrons. The Labute approximate surface area is 230 Å². The van der Waals surface area contributed by atoms with Gasteiger partial charge in [0.05, 0.1) is 24.8 Å². The number of rotatable bonds is 9. The van der Waals surface area contributed by atoms with E-state index in [1.54, 1.807) is 25.3 Å². The van der Waals surface area contributed by atoms with Crippen molar-refractivity contribution in [2.24, 2.45) is 0 Å². The zero-order valence-electron chi connectivity index (χ0n) is 22.0. The van der Waals surface area contributed by atoms with Crippen molar-refractivity contribution in [2.75, 3.05) is 13.7 Å². The van der Waals surface area contributed by atoms with E-state index in [9.17, 15) is 18.3 Å². The molecular formula is C30H35N3O5S. The number of carbonyl (C=O) groups is 1. The van der Waals surface area contributed by atoms with Crippen LogP contribution in [0.15, 0.2) is 78.9 Å². The van der Waals surface area contributed by atoms with Crippen molar-refractivity contribution in [2.45, 2.75) is 55.7 Å². The zero-order valence-corrected chi connectivity index (χ0v) is 22.8. The molecule has 0 spiro atoms. The molecular weight excluding hydrogens is 514 g/mol. The lowest BCUT2D eigenvalue weighted by atomic mass is 9.68. The first kappa shape index (κ1) is 27.3. The van der Waals surface area contributed by atoms with Crippen molar-refractivity contribution in [1.29, 1.82) is 0 Å². The van der Waals surface area contributed by atoms with Gasteiger partial charge in [0.2, 0.25) is 0 Å². The predicted molar refractivity (Wildman–Crippen MR) is 150 cm³/mol. The van der Waals surface area contributed by atoms with Crippen molar-refractivity contribution in [3.05, 3.63) is 101 Å². The number of aliphatic hydroxyl groups excluding tert-OH is 1. The van der Waals surface area contributed by atoms with E-state index in [2.05, 4.69) is 26.9 Å². The minimum atomic E-state index is -3.86. The van der Waals surface area contributed by atoms with Crippen LogP contribution >= 0.6 is 0 Å². The van der Waals surface area contributed by atoms with E-state index in [4.69, 9.17) is 4.74 Å². The molecule has 0 radical (unpaired) electrons. The molecule has 3 aromatic carbocycles. The molecule has 0 aromatic heterocycles. The second kappa shape index (κ2) is 11.5. The van der Waals surface area contributed by atoms with Crippen LogP contribution in [0.5, 0.6) is 5.75 Å².